The van der Waals surface area contributed by atoms with Crippen molar-refractivity contribution in [3.05, 3.63) is 12.2 Å². The number of hydrogen-bond acceptors (Lipinski definition) is 8. The summed E-state index contributed by atoms with van der Waals surface area (Å²) < 4.78 is 33.3. The van der Waals surface area contributed by atoms with Crippen molar-refractivity contribution in [3.8, 4) is 0 Å². The number of phosphoric ester groups is 1. The third kappa shape index (κ3) is 38.9. The van der Waals surface area contributed by atoms with Crippen LogP contribution < -0.4 is 0 Å². The fourth-order valence-electron chi connectivity index (χ4n) is 6.12. The molecule has 0 aliphatic heterocycles. The first kappa shape index (κ1) is 51.2. The zero-order valence-electron chi connectivity index (χ0n) is 33.8. The van der Waals surface area contributed by atoms with Crippen LogP contribution in [0.4, 0.5) is 0 Å². The number of ether oxygens (including phenoxy) is 2. The van der Waals surface area contributed by atoms with Crippen LogP contribution in [0.15, 0.2) is 12.2 Å². The van der Waals surface area contributed by atoms with Crippen molar-refractivity contribution >= 4 is 13.8 Å². The number of carbonyl (C=O) groups excluding carboxylic acids is 1. The smallest absolute Gasteiger partial charge is 0.457 e. The van der Waals surface area contributed by atoms with Crippen molar-refractivity contribution < 1.29 is 43.0 Å². The second-order valence-electron chi connectivity index (χ2n) is 14.7. The minimum Gasteiger partial charge on any atom is -0.457 e. The number of aliphatic hydroxyl groups is 2. The standard InChI is InChI=1S/C42H83O9P/c1-3-5-7-9-11-13-15-17-18-19-20-21-23-25-27-29-31-33-35-48-38-41(39-50-52(46,47)49-37-40(44)36-43)51-42(45)34-32-30-28-26-24-22-16-14-12-10-8-6-4-2/h17-18,40-41,43-44H,3-16,19-39H2,1-2H3,(H,46,47)/b18-17-. The van der Waals surface area contributed by atoms with Gasteiger partial charge in [-0.1, -0.05) is 174 Å². The third-order valence-corrected chi connectivity index (χ3v) is 10.4. The molecular formula is C42H83O9P. The van der Waals surface area contributed by atoms with Gasteiger partial charge in [-0.2, -0.15) is 0 Å². The molecule has 0 radical (unpaired) electrons. The monoisotopic (exact) mass is 763 g/mol. The van der Waals surface area contributed by atoms with E-state index in [4.69, 9.17) is 23.6 Å². The molecule has 0 aliphatic carbocycles. The molecule has 0 aromatic heterocycles. The summed E-state index contributed by atoms with van der Waals surface area (Å²) in [5.74, 6) is -0.381. The van der Waals surface area contributed by atoms with Crippen LogP contribution in [0, 0.1) is 0 Å². The Morgan fingerprint density at radius 2 is 0.981 bits per heavy atom. The Morgan fingerprint density at radius 3 is 1.44 bits per heavy atom. The maximum atomic E-state index is 12.6. The molecule has 0 aromatic carbocycles. The second kappa shape index (κ2) is 39.9. The van der Waals surface area contributed by atoms with E-state index in [9.17, 15) is 19.4 Å². The van der Waals surface area contributed by atoms with E-state index < -0.39 is 33.2 Å². The lowest BCUT2D eigenvalue weighted by Crippen LogP contribution is -2.29. The van der Waals surface area contributed by atoms with Crippen LogP contribution >= 0.6 is 7.82 Å². The minimum absolute atomic E-state index is 0.0526. The highest BCUT2D eigenvalue weighted by Crippen LogP contribution is 2.43. The Hall–Kier alpha value is -0.800. The van der Waals surface area contributed by atoms with E-state index in [-0.39, 0.29) is 25.6 Å². The molecule has 310 valence electrons. The Labute approximate surface area is 320 Å². The predicted molar refractivity (Wildman–Crippen MR) is 215 cm³/mol. The first-order chi connectivity index (χ1) is 25.3. The molecule has 0 rings (SSSR count). The molecule has 0 aliphatic rings. The average Bonchev–Trinajstić information content (AvgIpc) is 3.13. The van der Waals surface area contributed by atoms with Gasteiger partial charge in [-0.05, 0) is 38.5 Å². The molecule has 3 unspecified atom stereocenters. The van der Waals surface area contributed by atoms with Crippen LogP contribution in [-0.2, 0) is 27.9 Å². The summed E-state index contributed by atoms with van der Waals surface area (Å²) >= 11 is 0. The largest absolute Gasteiger partial charge is 0.472 e. The van der Waals surface area contributed by atoms with Crippen LogP contribution in [0.2, 0.25) is 0 Å². The Balaban J connectivity index is 4.13. The van der Waals surface area contributed by atoms with Crippen molar-refractivity contribution in [2.75, 3.05) is 33.0 Å². The quantitative estimate of drug-likeness (QED) is 0.0241. The van der Waals surface area contributed by atoms with Crippen molar-refractivity contribution in [2.24, 2.45) is 0 Å². The number of phosphoric acid groups is 1. The summed E-state index contributed by atoms with van der Waals surface area (Å²) in [5, 5.41) is 18.3. The van der Waals surface area contributed by atoms with E-state index in [1.165, 1.54) is 148 Å². The van der Waals surface area contributed by atoms with Crippen LogP contribution in [-0.4, -0.2) is 66.3 Å². The van der Waals surface area contributed by atoms with Gasteiger partial charge in [0.15, 0.2) is 0 Å². The molecule has 0 heterocycles. The van der Waals surface area contributed by atoms with Gasteiger partial charge in [0, 0.05) is 13.0 Å². The van der Waals surface area contributed by atoms with Crippen LogP contribution in [0.5, 0.6) is 0 Å². The Kier molecular flexibility index (Phi) is 39.3. The number of rotatable bonds is 42. The highest BCUT2D eigenvalue weighted by molar-refractivity contribution is 7.47. The lowest BCUT2D eigenvalue weighted by Gasteiger charge is -2.20. The molecule has 0 fully saturated rings. The second-order valence-corrected chi connectivity index (χ2v) is 16.2. The van der Waals surface area contributed by atoms with Gasteiger partial charge < -0.3 is 24.6 Å². The molecule has 10 heteroatoms. The van der Waals surface area contributed by atoms with Crippen LogP contribution in [0.1, 0.15) is 206 Å². The fraction of sp³-hybridized carbons (Fsp3) is 0.929. The molecule has 52 heavy (non-hydrogen) atoms. The summed E-state index contributed by atoms with van der Waals surface area (Å²) in [6, 6.07) is 0. The topological polar surface area (TPSA) is 132 Å². The van der Waals surface area contributed by atoms with Gasteiger partial charge in [-0.3, -0.25) is 13.8 Å². The van der Waals surface area contributed by atoms with Gasteiger partial charge in [-0.15, -0.1) is 0 Å². The Bertz CT molecular complexity index is 825. The van der Waals surface area contributed by atoms with E-state index in [1.54, 1.807) is 0 Å². The molecule has 9 nitrogen and oxygen atoms in total. The van der Waals surface area contributed by atoms with Crippen molar-refractivity contribution in [1.82, 2.24) is 0 Å². The van der Waals surface area contributed by atoms with Crippen LogP contribution in [0.25, 0.3) is 0 Å². The number of allylic oxidation sites excluding steroid dienone is 2. The van der Waals surface area contributed by atoms with Gasteiger partial charge in [0.25, 0.3) is 0 Å². The molecule has 3 N–H and O–H groups in total. The molecule has 0 aromatic rings. The predicted octanol–water partition coefficient (Wildman–Crippen LogP) is 11.7. The van der Waals surface area contributed by atoms with Gasteiger partial charge in [-0.25, -0.2) is 4.57 Å². The van der Waals surface area contributed by atoms with Crippen molar-refractivity contribution in [2.45, 2.75) is 219 Å². The Morgan fingerprint density at radius 1 is 0.577 bits per heavy atom. The lowest BCUT2D eigenvalue weighted by molar-refractivity contribution is -0.154. The van der Waals surface area contributed by atoms with Gasteiger partial charge in [0.2, 0.25) is 0 Å². The normalized spacial score (nSPS) is 14.2. The van der Waals surface area contributed by atoms with Gasteiger partial charge in [0.05, 0.1) is 26.4 Å². The van der Waals surface area contributed by atoms with E-state index in [2.05, 4.69) is 26.0 Å². The third-order valence-electron chi connectivity index (χ3n) is 9.45. The number of aliphatic hydroxyl groups excluding tert-OH is 2. The van der Waals surface area contributed by atoms with E-state index in [0.717, 1.165) is 38.5 Å². The fourth-order valence-corrected chi connectivity index (χ4v) is 6.91. The SMILES string of the molecule is CCCCCCCC/C=C\CCCCCCCCCCOCC(COP(=O)(O)OCC(O)CO)OC(=O)CCCCCCCCCCCCCCC. The first-order valence-electron chi connectivity index (χ1n) is 21.7. The molecule has 3 atom stereocenters. The highest BCUT2D eigenvalue weighted by atomic mass is 31.2. The summed E-state index contributed by atoms with van der Waals surface area (Å²) in [4.78, 5) is 22.5. The molecule has 0 bridgehead atoms. The summed E-state index contributed by atoms with van der Waals surface area (Å²) in [6.07, 6.45) is 38.8. The van der Waals surface area contributed by atoms with Crippen LogP contribution in [0.3, 0.4) is 0 Å². The number of unbranched alkanes of at least 4 members (excludes halogenated alkanes) is 26. The number of hydrogen-bond donors (Lipinski definition) is 3. The zero-order valence-corrected chi connectivity index (χ0v) is 34.7. The summed E-state index contributed by atoms with van der Waals surface area (Å²) in [7, 11) is -4.51. The molecule has 0 saturated carbocycles. The maximum Gasteiger partial charge on any atom is 0.472 e. The van der Waals surface area contributed by atoms with E-state index in [0.29, 0.717) is 6.61 Å². The first-order valence-corrected chi connectivity index (χ1v) is 23.2. The van der Waals surface area contributed by atoms with Crippen molar-refractivity contribution in [3.63, 3.8) is 0 Å². The highest BCUT2D eigenvalue weighted by Gasteiger charge is 2.26. The lowest BCUT2D eigenvalue weighted by atomic mass is 10.0. The zero-order chi connectivity index (χ0) is 38.2. The summed E-state index contributed by atoms with van der Waals surface area (Å²) in [5.41, 5.74) is 0. The minimum atomic E-state index is -4.51. The summed E-state index contributed by atoms with van der Waals surface area (Å²) in [6.45, 7) is 3.54. The van der Waals surface area contributed by atoms with Crippen molar-refractivity contribution in [1.29, 1.82) is 0 Å². The molecular weight excluding hydrogens is 679 g/mol. The number of carbonyl (C=O) groups is 1. The number of esters is 1. The molecule has 0 saturated heterocycles. The van der Waals surface area contributed by atoms with Gasteiger partial charge >= 0.3 is 13.8 Å². The van der Waals surface area contributed by atoms with Gasteiger partial charge in [0.1, 0.15) is 12.2 Å². The van der Waals surface area contributed by atoms with E-state index >= 15 is 0 Å². The van der Waals surface area contributed by atoms with E-state index in [1.807, 2.05) is 0 Å². The average molecular weight is 763 g/mol. The molecule has 0 amide bonds. The molecule has 0 spiro atoms. The maximum absolute atomic E-state index is 12.6.